The predicted octanol–water partition coefficient (Wildman–Crippen LogP) is -1.67. The number of nitrogens with two attached hydrogens (primary N) is 2. The van der Waals surface area contributed by atoms with Crippen LogP contribution in [0.3, 0.4) is 0 Å². The van der Waals surface area contributed by atoms with E-state index >= 15 is 0 Å². The monoisotopic (exact) mass is 333 g/mol. The van der Waals surface area contributed by atoms with Gasteiger partial charge in [-0.2, -0.15) is 0 Å². The Hall–Kier alpha value is -2.22. The summed E-state index contributed by atoms with van der Waals surface area (Å²) in [6.07, 6.45) is -0.250. The van der Waals surface area contributed by atoms with Crippen molar-refractivity contribution in [3.63, 3.8) is 0 Å². The molecule has 3 heterocycles. The van der Waals surface area contributed by atoms with Gasteiger partial charge < -0.3 is 36.1 Å². The molecule has 7 N–H and O–H groups in total. The topological polar surface area (TPSA) is 153 Å². The second kappa shape index (κ2) is 6.01. The molecule has 1 aliphatic heterocycles. The summed E-state index contributed by atoms with van der Waals surface area (Å²) in [6.45, 7) is 1.17. The number of nitrogen functional groups attached to an aromatic ring is 1. The Balaban J connectivity index is 2.19. The van der Waals surface area contributed by atoms with Gasteiger partial charge in [0.25, 0.3) is 0 Å². The molecule has 0 amide bonds. The van der Waals surface area contributed by atoms with Crippen molar-refractivity contribution in [1.82, 2.24) is 14.5 Å². The molecule has 2 aromatic heterocycles. The molecule has 0 aromatic carbocycles. The zero-order chi connectivity index (χ0) is 17.5. The second-order valence-electron chi connectivity index (χ2n) is 5.79. The van der Waals surface area contributed by atoms with Crippen LogP contribution in [-0.4, -0.2) is 60.8 Å². The third-order valence-electron chi connectivity index (χ3n) is 4.15. The van der Waals surface area contributed by atoms with Gasteiger partial charge in [0, 0.05) is 6.20 Å². The molecule has 2 aromatic rings. The number of anilines is 1. The normalized spacial score (nSPS) is 29.6. The van der Waals surface area contributed by atoms with Crippen LogP contribution in [0.1, 0.15) is 18.7 Å². The van der Waals surface area contributed by atoms with Crippen LogP contribution in [0.15, 0.2) is 12.5 Å². The minimum atomic E-state index is -1.64. The Morgan fingerprint density at radius 2 is 2.21 bits per heavy atom. The average molecular weight is 333 g/mol. The maximum atomic E-state index is 10.7. The molecule has 9 nitrogen and oxygen atoms in total. The van der Waals surface area contributed by atoms with Crippen molar-refractivity contribution in [2.75, 3.05) is 18.9 Å². The summed E-state index contributed by atoms with van der Waals surface area (Å²) in [7, 11) is 0. The molecule has 0 aliphatic carbocycles. The van der Waals surface area contributed by atoms with E-state index in [4.69, 9.17) is 16.2 Å². The lowest BCUT2D eigenvalue weighted by atomic mass is 9.96. The maximum absolute atomic E-state index is 10.7. The van der Waals surface area contributed by atoms with E-state index in [2.05, 4.69) is 21.8 Å². The van der Waals surface area contributed by atoms with Gasteiger partial charge in [-0.3, -0.25) is 0 Å². The quantitative estimate of drug-likeness (QED) is 0.409. The second-order valence-corrected chi connectivity index (χ2v) is 5.79. The Morgan fingerprint density at radius 3 is 2.83 bits per heavy atom. The Bertz CT molecular complexity index is 822. The lowest BCUT2D eigenvalue weighted by Crippen LogP contribution is -2.44. The lowest BCUT2D eigenvalue weighted by molar-refractivity contribution is -0.0948. The van der Waals surface area contributed by atoms with Gasteiger partial charge >= 0.3 is 0 Å². The average Bonchev–Trinajstić information content (AvgIpc) is 3.02. The highest BCUT2D eigenvalue weighted by atomic mass is 16.6. The smallest absolute Gasteiger partial charge is 0.167 e. The standard InChI is InChI=1S/C15H19N5O4/c1-15(23)11(22)9(6-21)24-14(15)20-5-8(3-2-4-16)10-12(17)18-7-19-13(10)20/h5,7,9,11,14,21-23H,4,6,16H2,1H3,(H2,17,18,19)/t9?,11-,14?,15+/m1/s1. The van der Waals surface area contributed by atoms with Crippen molar-refractivity contribution < 1.29 is 20.1 Å². The van der Waals surface area contributed by atoms with E-state index in [0.29, 0.717) is 16.6 Å². The number of aromatic nitrogens is 3. The fraction of sp³-hybridized carbons (Fsp3) is 0.467. The van der Waals surface area contributed by atoms with E-state index in [1.807, 2.05) is 0 Å². The van der Waals surface area contributed by atoms with Gasteiger partial charge in [0.2, 0.25) is 0 Å². The van der Waals surface area contributed by atoms with E-state index in [1.165, 1.54) is 17.8 Å². The molecule has 128 valence electrons. The fourth-order valence-corrected chi connectivity index (χ4v) is 2.92. The number of fused-ring (bicyclic) bond motifs is 1. The summed E-state index contributed by atoms with van der Waals surface area (Å²) in [5.41, 5.74) is 10.6. The molecule has 3 rings (SSSR count). The molecule has 0 radical (unpaired) electrons. The highest BCUT2D eigenvalue weighted by Crippen LogP contribution is 2.40. The summed E-state index contributed by atoms with van der Waals surface area (Å²) >= 11 is 0. The predicted molar refractivity (Wildman–Crippen MR) is 85.5 cm³/mol. The van der Waals surface area contributed by atoms with Crippen LogP contribution in [0.5, 0.6) is 0 Å². The summed E-state index contributed by atoms with van der Waals surface area (Å²) in [5, 5.41) is 30.7. The minimum Gasteiger partial charge on any atom is -0.394 e. The lowest BCUT2D eigenvalue weighted by Gasteiger charge is -2.27. The molecule has 4 atom stereocenters. The van der Waals surface area contributed by atoms with E-state index in [9.17, 15) is 15.3 Å². The largest absolute Gasteiger partial charge is 0.394 e. The Labute approximate surface area is 137 Å². The third kappa shape index (κ3) is 2.41. The van der Waals surface area contributed by atoms with E-state index in [1.54, 1.807) is 6.20 Å². The van der Waals surface area contributed by atoms with Crippen LogP contribution in [0, 0.1) is 11.8 Å². The number of hydrogen-bond acceptors (Lipinski definition) is 8. The van der Waals surface area contributed by atoms with E-state index in [0.717, 1.165) is 0 Å². The summed E-state index contributed by atoms with van der Waals surface area (Å²) < 4.78 is 7.16. The molecular weight excluding hydrogens is 314 g/mol. The number of rotatable bonds is 2. The first kappa shape index (κ1) is 16.6. The first-order chi connectivity index (χ1) is 11.4. The third-order valence-corrected chi connectivity index (χ3v) is 4.15. The van der Waals surface area contributed by atoms with Crippen molar-refractivity contribution in [2.45, 2.75) is 31.0 Å². The number of hydrogen-bond donors (Lipinski definition) is 5. The van der Waals surface area contributed by atoms with E-state index in [-0.39, 0.29) is 12.4 Å². The first-order valence-electron chi connectivity index (χ1n) is 7.38. The van der Waals surface area contributed by atoms with Gasteiger partial charge in [-0.1, -0.05) is 11.8 Å². The van der Waals surface area contributed by atoms with Gasteiger partial charge in [0.15, 0.2) is 6.23 Å². The van der Waals surface area contributed by atoms with Gasteiger partial charge in [0.05, 0.1) is 24.1 Å². The van der Waals surface area contributed by atoms with Crippen molar-refractivity contribution in [2.24, 2.45) is 5.73 Å². The van der Waals surface area contributed by atoms with Gasteiger partial charge in [-0.05, 0) is 6.92 Å². The van der Waals surface area contributed by atoms with Crippen LogP contribution in [0.25, 0.3) is 11.0 Å². The van der Waals surface area contributed by atoms with Gasteiger partial charge in [0.1, 0.15) is 35.6 Å². The number of ether oxygens (including phenoxy) is 1. The molecule has 0 spiro atoms. The Morgan fingerprint density at radius 1 is 1.46 bits per heavy atom. The SMILES string of the molecule is C[C@@]1(O)C(n2cc(C#CCN)c3c(N)ncnc32)OC(CO)[C@H]1O. The zero-order valence-electron chi connectivity index (χ0n) is 13.0. The molecule has 1 saturated heterocycles. The van der Waals surface area contributed by atoms with Gasteiger partial charge in [-0.25, -0.2) is 9.97 Å². The molecular formula is C15H19N5O4. The van der Waals surface area contributed by atoms with Crippen molar-refractivity contribution in [3.8, 4) is 11.8 Å². The highest BCUT2D eigenvalue weighted by molar-refractivity contribution is 5.92. The van der Waals surface area contributed by atoms with Crippen LogP contribution in [0.2, 0.25) is 0 Å². The molecule has 1 fully saturated rings. The van der Waals surface area contributed by atoms with Crippen LogP contribution >= 0.6 is 0 Å². The summed E-state index contributed by atoms with van der Waals surface area (Å²) in [4.78, 5) is 8.15. The Kier molecular flexibility index (Phi) is 4.16. The first-order valence-corrected chi connectivity index (χ1v) is 7.38. The maximum Gasteiger partial charge on any atom is 0.167 e. The van der Waals surface area contributed by atoms with Crippen LogP contribution in [-0.2, 0) is 4.74 Å². The molecule has 24 heavy (non-hydrogen) atoms. The molecule has 9 heteroatoms. The van der Waals surface area contributed by atoms with Crippen LogP contribution < -0.4 is 11.5 Å². The highest BCUT2D eigenvalue weighted by Gasteiger charge is 2.53. The molecule has 1 aliphatic rings. The number of aliphatic hydroxyl groups excluding tert-OH is 2. The molecule has 0 bridgehead atoms. The fourth-order valence-electron chi connectivity index (χ4n) is 2.92. The molecule has 2 unspecified atom stereocenters. The van der Waals surface area contributed by atoms with Crippen molar-refractivity contribution in [1.29, 1.82) is 0 Å². The minimum absolute atomic E-state index is 0.170. The molecule has 0 saturated carbocycles. The zero-order valence-corrected chi connectivity index (χ0v) is 13.0. The number of aliphatic hydroxyl groups is 3. The van der Waals surface area contributed by atoms with E-state index < -0.39 is 30.6 Å². The summed E-state index contributed by atoms with van der Waals surface area (Å²) in [5.74, 6) is 5.86. The van der Waals surface area contributed by atoms with Crippen LogP contribution in [0.4, 0.5) is 5.82 Å². The van der Waals surface area contributed by atoms with Crippen molar-refractivity contribution >= 4 is 16.9 Å². The van der Waals surface area contributed by atoms with Crippen molar-refractivity contribution in [3.05, 3.63) is 18.1 Å². The van der Waals surface area contributed by atoms with Gasteiger partial charge in [-0.15, -0.1) is 0 Å². The number of nitrogens with zero attached hydrogens (tertiary/aromatic N) is 3. The summed E-state index contributed by atoms with van der Waals surface area (Å²) in [6, 6.07) is 0.